The van der Waals surface area contributed by atoms with Gasteiger partial charge in [-0.05, 0) is 22.8 Å². The van der Waals surface area contributed by atoms with Gasteiger partial charge in [0.15, 0.2) is 0 Å². The van der Waals surface area contributed by atoms with Gasteiger partial charge in [-0.2, -0.15) is 0 Å². The molecule has 35 heavy (non-hydrogen) atoms. The van der Waals surface area contributed by atoms with E-state index >= 15 is 0 Å². The predicted molar refractivity (Wildman–Crippen MR) is 122 cm³/mol. The van der Waals surface area contributed by atoms with Crippen LogP contribution in [0.3, 0.4) is 0 Å². The largest absolute Gasteiger partial charge is 0.389 e. The van der Waals surface area contributed by atoms with Crippen LogP contribution in [0.5, 0.6) is 0 Å². The molecule has 0 fully saturated rings. The number of benzene rings is 3. The van der Waals surface area contributed by atoms with Crippen LogP contribution >= 0.6 is 0 Å². The monoisotopic (exact) mass is 472 g/mol. The Labute approximate surface area is 200 Å². The minimum absolute atomic E-state index is 0.278. The smallest absolute Gasteiger partial charge is 0.346 e. The van der Waals surface area contributed by atoms with Crippen molar-refractivity contribution in [3.63, 3.8) is 0 Å². The number of esters is 4. The van der Waals surface area contributed by atoms with Crippen molar-refractivity contribution in [3.8, 4) is 0 Å². The summed E-state index contributed by atoms with van der Waals surface area (Å²) in [7, 11) is 0. The molecule has 0 saturated heterocycles. The van der Waals surface area contributed by atoms with Crippen molar-refractivity contribution < 1.29 is 38.2 Å². The van der Waals surface area contributed by atoms with Crippen molar-refractivity contribution in [3.05, 3.63) is 107 Å². The van der Waals surface area contributed by atoms with Gasteiger partial charge in [0, 0.05) is 5.92 Å². The lowest BCUT2D eigenvalue weighted by atomic mass is 9.81. The molecule has 0 aliphatic rings. The minimum atomic E-state index is -1.19. The molecule has 3 aromatic carbocycles. The third-order valence-corrected chi connectivity index (χ3v) is 5.01. The number of aldehydes is 2. The maximum Gasteiger partial charge on any atom is 0.346 e. The standard InChI is InChI=1S/C27H20O8/c28-16-14-22(30)34-26(32)21-13-7-12-20(25(21)27(33)35-23(31)15-17-29)24(18-8-3-1-4-9-18)19-10-5-2-6-11-19/h1-13,16-17,24H,14-15H2. The number of hydrogen-bond donors (Lipinski definition) is 0. The topological polar surface area (TPSA) is 121 Å². The third kappa shape index (κ3) is 6.20. The van der Waals surface area contributed by atoms with Gasteiger partial charge in [-0.1, -0.05) is 72.8 Å². The number of rotatable bonds is 9. The fraction of sp³-hybridized carbons (Fsp3) is 0.111. The molecule has 0 bridgehead atoms. The molecule has 0 unspecified atom stereocenters. The highest BCUT2D eigenvalue weighted by Crippen LogP contribution is 2.35. The number of hydrogen-bond acceptors (Lipinski definition) is 8. The molecule has 0 amide bonds. The Balaban J connectivity index is 2.21. The zero-order valence-electron chi connectivity index (χ0n) is 18.4. The van der Waals surface area contributed by atoms with Gasteiger partial charge in [-0.15, -0.1) is 0 Å². The summed E-state index contributed by atoms with van der Waals surface area (Å²) in [5.74, 6) is -5.14. The van der Waals surface area contributed by atoms with Crippen LogP contribution in [-0.4, -0.2) is 36.4 Å². The molecule has 176 valence electrons. The van der Waals surface area contributed by atoms with Crippen LogP contribution in [0.2, 0.25) is 0 Å². The molecule has 0 heterocycles. The average Bonchev–Trinajstić information content (AvgIpc) is 2.85. The molecule has 8 heteroatoms. The Hall–Kier alpha value is -4.72. The Morgan fingerprint density at radius 3 is 1.60 bits per heavy atom. The maximum absolute atomic E-state index is 13.1. The normalized spacial score (nSPS) is 10.3. The fourth-order valence-electron chi connectivity index (χ4n) is 3.58. The van der Waals surface area contributed by atoms with E-state index in [0.717, 1.165) is 11.1 Å². The van der Waals surface area contributed by atoms with E-state index in [1.807, 2.05) is 60.7 Å². The summed E-state index contributed by atoms with van der Waals surface area (Å²) >= 11 is 0. The summed E-state index contributed by atoms with van der Waals surface area (Å²) in [6, 6.07) is 22.6. The molecule has 8 nitrogen and oxygen atoms in total. The zero-order chi connectivity index (χ0) is 25.2. The van der Waals surface area contributed by atoms with Gasteiger partial charge in [0.25, 0.3) is 0 Å². The predicted octanol–water partition coefficient (Wildman–Crippen LogP) is 3.41. The summed E-state index contributed by atoms with van der Waals surface area (Å²) in [5.41, 5.74) is 1.23. The van der Waals surface area contributed by atoms with E-state index in [1.165, 1.54) is 12.1 Å². The Morgan fingerprint density at radius 2 is 1.11 bits per heavy atom. The van der Waals surface area contributed by atoms with E-state index in [2.05, 4.69) is 0 Å². The van der Waals surface area contributed by atoms with Crippen LogP contribution in [0.25, 0.3) is 0 Å². The molecule has 0 spiro atoms. The van der Waals surface area contributed by atoms with Gasteiger partial charge in [-0.25, -0.2) is 9.59 Å². The Kier molecular flexibility index (Phi) is 8.50. The van der Waals surface area contributed by atoms with Crippen LogP contribution in [0.1, 0.15) is 56.2 Å². The van der Waals surface area contributed by atoms with Crippen LogP contribution in [0, 0.1) is 0 Å². The first kappa shape index (κ1) is 24.9. The summed E-state index contributed by atoms with van der Waals surface area (Å²) in [6.07, 6.45) is -0.752. The van der Waals surface area contributed by atoms with Crippen molar-refractivity contribution in [2.45, 2.75) is 18.8 Å². The van der Waals surface area contributed by atoms with E-state index in [9.17, 15) is 28.8 Å². The van der Waals surface area contributed by atoms with Gasteiger partial charge in [0.2, 0.25) is 0 Å². The molecular formula is C27H20O8. The molecule has 0 aliphatic heterocycles. The number of carbonyl (C=O) groups excluding carboxylic acids is 6. The van der Waals surface area contributed by atoms with Crippen molar-refractivity contribution in [2.75, 3.05) is 0 Å². The van der Waals surface area contributed by atoms with Crippen molar-refractivity contribution >= 4 is 36.4 Å². The second kappa shape index (κ2) is 11.9. The molecule has 0 aromatic heterocycles. The van der Waals surface area contributed by atoms with Crippen LogP contribution < -0.4 is 0 Å². The van der Waals surface area contributed by atoms with Crippen LogP contribution in [0.4, 0.5) is 0 Å². The van der Waals surface area contributed by atoms with Crippen molar-refractivity contribution in [1.29, 1.82) is 0 Å². The second-order valence-electron chi connectivity index (χ2n) is 7.29. The summed E-state index contributed by atoms with van der Waals surface area (Å²) < 4.78 is 9.53. The molecule has 3 rings (SSSR count). The quantitative estimate of drug-likeness (QED) is 0.201. The van der Waals surface area contributed by atoms with Crippen LogP contribution in [-0.2, 0) is 28.7 Å². The second-order valence-corrected chi connectivity index (χ2v) is 7.29. The lowest BCUT2D eigenvalue weighted by Gasteiger charge is -2.22. The van der Waals surface area contributed by atoms with E-state index in [1.54, 1.807) is 6.07 Å². The van der Waals surface area contributed by atoms with Gasteiger partial charge in [0.05, 0.1) is 11.1 Å². The highest BCUT2D eigenvalue weighted by atomic mass is 16.6. The molecule has 3 aromatic rings. The highest BCUT2D eigenvalue weighted by molar-refractivity contribution is 6.10. The SMILES string of the molecule is O=CCC(=O)OC(=O)c1cccc(C(c2ccccc2)c2ccccc2)c1C(=O)OC(=O)CC=O. The first-order valence-electron chi connectivity index (χ1n) is 10.6. The molecular weight excluding hydrogens is 452 g/mol. The number of carbonyl (C=O) groups is 6. The van der Waals surface area contributed by atoms with E-state index in [0.29, 0.717) is 5.56 Å². The van der Waals surface area contributed by atoms with Gasteiger partial charge < -0.3 is 19.1 Å². The Bertz CT molecular complexity index is 1210. The van der Waals surface area contributed by atoms with Gasteiger partial charge >= 0.3 is 23.9 Å². The maximum atomic E-state index is 13.1. The van der Waals surface area contributed by atoms with E-state index in [4.69, 9.17) is 9.47 Å². The summed E-state index contributed by atoms with van der Waals surface area (Å²) in [4.78, 5) is 70.9. The zero-order valence-corrected chi connectivity index (χ0v) is 18.4. The van der Waals surface area contributed by atoms with E-state index in [-0.39, 0.29) is 23.7 Å². The Morgan fingerprint density at radius 1 is 0.629 bits per heavy atom. The molecule has 0 aliphatic carbocycles. The molecule has 0 N–H and O–H groups in total. The lowest BCUT2D eigenvalue weighted by molar-refractivity contribution is -0.140. The fourth-order valence-corrected chi connectivity index (χ4v) is 3.58. The first-order valence-corrected chi connectivity index (χ1v) is 10.6. The summed E-state index contributed by atoms with van der Waals surface area (Å²) in [5, 5.41) is 0. The van der Waals surface area contributed by atoms with Crippen molar-refractivity contribution in [1.82, 2.24) is 0 Å². The molecule has 0 atom stereocenters. The lowest BCUT2D eigenvalue weighted by Crippen LogP contribution is -2.22. The van der Waals surface area contributed by atoms with Crippen molar-refractivity contribution in [2.24, 2.45) is 0 Å². The van der Waals surface area contributed by atoms with E-state index < -0.39 is 42.6 Å². The first-order chi connectivity index (χ1) is 17.0. The minimum Gasteiger partial charge on any atom is -0.389 e. The average molecular weight is 472 g/mol. The molecule has 0 saturated carbocycles. The third-order valence-electron chi connectivity index (χ3n) is 5.01. The highest BCUT2D eigenvalue weighted by Gasteiger charge is 2.30. The van der Waals surface area contributed by atoms with Crippen LogP contribution in [0.15, 0.2) is 78.9 Å². The molecule has 0 radical (unpaired) electrons. The van der Waals surface area contributed by atoms with Gasteiger partial charge in [-0.3, -0.25) is 9.59 Å². The van der Waals surface area contributed by atoms with Gasteiger partial charge in [0.1, 0.15) is 25.4 Å². The number of ether oxygens (including phenoxy) is 2. The summed E-state index contributed by atoms with van der Waals surface area (Å²) in [6.45, 7) is 0.